The van der Waals surface area contributed by atoms with Gasteiger partial charge in [0.25, 0.3) is 0 Å². The monoisotopic (exact) mass is 666 g/mol. The van der Waals surface area contributed by atoms with E-state index in [1.807, 2.05) is 0 Å². The van der Waals surface area contributed by atoms with Crippen molar-refractivity contribution in [3.05, 3.63) is 167 Å². The minimum atomic E-state index is 0.898. The number of benzene rings is 9. The number of ether oxygens (including phenoxy) is 1. The average Bonchev–Trinajstić information content (AvgIpc) is 3.18. The Morgan fingerprint density at radius 3 is 1.40 bits per heavy atom. The van der Waals surface area contributed by atoms with Crippen molar-refractivity contribution in [3.8, 4) is 56.0 Å². The third-order valence-corrected chi connectivity index (χ3v) is 12.0. The number of hydrogen-bond acceptors (Lipinski definition) is 1. The third kappa shape index (κ3) is 4.29. The van der Waals surface area contributed by atoms with E-state index in [1.54, 1.807) is 0 Å². The van der Waals surface area contributed by atoms with E-state index in [1.165, 1.54) is 104 Å². The van der Waals surface area contributed by atoms with Crippen LogP contribution in [0.1, 0.15) is 27.8 Å². The van der Waals surface area contributed by atoms with E-state index in [9.17, 15) is 0 Å². The predicted molar refractivity (Wildman–Crippen MR) is 222 cm³/mol. The normalized spacial score (nSPS) is 12.1. The maximum absolute atomic E-state index is 6.66. The van der Waals surface area contributed by atoms with Crippen LogP contribution in [-0.2, 0) is 0 Å². The summed E-state index contributed by atoms with van der Waals surface area (Å²) in [5.41, 5.74) is 16.8. The molecular weight excluding hydrogens is 629 g/mol. The Bertz CT molecular complexity index is 2890. The Morgan fingerprint density at radius 2 is 0.808 bits per heavy atom. The highest BCUT2D eigenvalue weighted by Crippen LogP contribution is 2.51. The Labute approximate surface area is 304 Å². The van der Waals surface area contributed by atoms with Crippen LogP contribution in [0.25, 0.3) is 87.6 Å². The summed E-state index contributed by atoms with van der Waals surface area (Å²) in [5.74, 6) is 1.81. The molecule has 0 saturated carbocycles. The smallest absolute Gasteiger partial charge is 0.135 e. The molecule has 0 amide bonds. The van der Waals surface area contributed by atoms with Gasteiger partial charge in [-0.05, 0) is 157 Å². The molecule has 0 saturated heterocycles. The van der Waals surface area contributed by atoms with Gasteiger partial charge in [-0.15, -0.1) is 0 Å². The lowest BCUT2D eigenvalue weighted by Crippen LogP contribution is -2.00. The van der Waals surface area contributed by atoms with Gasteiger partial charge in [0.2, 0.25) is 0 Å². The predicted octanol–water partition coefficient (Wildman–Crippen LogP) is 14.6. The zero-order valence-electron chi connectivity index (χ0n) is 30.2. The lowest BCUT2D eigenvalue weighted by Gasteiger charge is -2.23. The summed E-state index contributed by atoms with van der Waals surface area (Å²) in [6.45, 7) is 11.4. The fourth-order valence-electron chi connectivity index (χ4n) is 9.09. The largest absolute Gasteiger partial charge is 0.456 e. The molecule has 0 fully saturated rings. The number of rotatable bonds is 3. The van der Waals surface area contributed by atoms with E-state index in [-0.39, 0.29) is 0 Å². The minimum absolute atomic E-state index is 0.898. The van der Waals surface area contributed by atoms with Crippen molar-refractivity contribution in [1.82, 2.24) is 0 Å². The van der Waals surface area contributed by atoms with E-state index in [0.717, 1.165) is 22.6 Å². The van der Waals surface area contributed by atoms with Gasteiger partial charge in [0.1, 0.15) is 11.5 Å². The summed E-state index contributed by atoms with van der Waals surface area (Å²) in [4.78, 5) is 0. The van der Waals surface area contributed by atoms with Crippen LogP contribution in [0.2, 0.25) is 0 Å². The third-order valence-electron chi connectivity index (χ3n) is 12.0. The Kier molecular flexibility index (Phi) is 6.73. The van der Waals surface area contributed by atoms with Crippen LogP contribution in [0, 0.1) is 34.6 Å². The lowest BCUT2D eigenvalue weighted by molar-refractivity contribution is 0.487. The fraction of sp³-hybridized carbons (Fsp3) is 0.0980. The van der Waals surface area contributed by atoms with Crippen LogP contribution < -0.4 is 4.74 Å². The molecule has 9 aromatic carbocycles. The molecule has 10 rings (SSSR count). The summed E-state index contributed by atoms with van der Waals surface area (Å²) in [5, 5.41) is 9.91. The standard InChI is InChI=1S/C51H38O/c1-29-30(2)32(4)48(33(5)31(29)3)44-26-27-45(37-17-7-6-16-36(37)44)51-42-20-10-8-18-40(42)49(41-19-9-11-21-43(41)51)35-24-25-38-39-22-12-14-34-15-13-23-46(50(34)39)52-47(38)28-35/h6-28H,1-5H3. The first-order chi connectivity index (χ1) is 25.4. The average molecular weight is 667 g/mol. The molecule has 1 heterocycles. The molecule has 0 spiro atoms. The number of hydrogen-bond donors (Lipinski definition) is 0. The molecule has 0 aliphatic carbocycles. The molecule has 0 N–H and O–H groups in total. The molecule has 0 aromatic heterocycles. The lowest BCUT2D eigenvalue weighted by atomic mass is 9.81. The molecule has 52 heavy (non-hydrogen) atoms. The zero-order valence-corrected chi connectivity index (χ0v) is 30.2. The first-order valence-electron chi connectivity index (χ1n) is 18.3. The molecule has 0 unspecified atom stereocenters. The van der Waals surface area contributed by atoms with Gasteiger partial charge in [0.05, 0.1) is 0 Å². The van der Waals surface area contributed by atoms with Gasteiger partial charge in [-0.3, -0.25) is 0 Å². The minimum Gasteiger partial charge on any atom is -0.456 e. The van der Waals surface area contributed by atoms with Gasteiger partial charge in [-0.25, -0.2) is 0 Å². The first-order valence-corrected chi connectivity index (χ1v) is 18.3. The first kappa shape index (κ1) is 30.6. The topological polar surface area (TPSA) is 9.23 Å². The second-order valence-corrected chi connectivity index (χ2v) is 14.5. The Morgan fingerprint density at radius 1 is 0.327 bits per heavy atom. The van der Waals surface area contributed by atoms with Gasteiger partial charge >= 0.3 is 0 Å². The van der Waals surface area contributed by atoms with Crippen LogP contribution in [0.15, 0.2) is 140 Å². The second kappa shape index (κ2) is 11.4. The van der Waals surface area contributed by atoms with Crippen LogP contribution in [-0.4, -0.2) is 0 Å². The van der Waals surface area contributed by atoms with Crippen molar-refractivity contribution >= 4 is 43.1 Å². The highest BCUT2D eigenvalue weighted by Gasteiger charge is 2.24. The Hall–Kier alpha value is -6.18. The fourth-order valence-corrected chi connectivity index (χ4v) is 9.09. The van der Waals surface area contributed by atoms with E-state index >= 15 is 0 Å². The van der Waals surface area contributed by atoms with Crippen molar-refractivity contribution in [2.45, 2.75) is 34.6 Å². The van der Waals surface area contributed by atoms with Crippen molar-refractivity contribution < 1.29 is 4.74 Å². The van der Waals surface area contributed by atoms with Gasteiger partial charge in [0, 0.05) is 10.9 Å². The van der Waals surface area contributed by atoms with Crippen molar-refractivity contribution in [2.24, 2.45) is 0 Å². The van der Waals surface area contributed by atoms with E-state index < -0.39 is 0 Å². The van der Waals surface area contributed by atoms with E-state index in [0.29, 0.717) is 0 Å². The molecule has 0 atom stereocenters. The Balaban J connectivity index is 1.23. The molecule has 0 bridgehead atoms. The van der Waals surface area contributed by atoms with Crippen LogP contribution in [0.3, 0.4) is 0 Å². The molecular formula is C51H38O. The summed E-state index contributed by atoms with van der Waals surface area (Å²) in [6.07, 6.45) is 0. The highest BCUT2D eigenvalue weighted by molar-refractivity contribution is 6.24. The summed E-state index contributed by atoms with van der Waals surface area (Å²) in [6, 6.07) is 51.2. The van der Waals surface area contributed by atoms with Crippen molar-refractivity contribution in [1.29, 1.82) is 0 Å². The SMILES string of the molecule is Cc1c(C)c(C)c(-c2ccc(-c3c4ccccc4c(-c4ccc5c(c4)Oc4cccc6cccc-5c46)c4ccccc34)c3ccccc23)c(C)c1C. The van der Waals surface area contributed by atoms with Gasteiger partial charge in [-0.1, -0.05) is 121 Å². The van der Waals surface area contributed by atoms with Crippen LogP contribution >= 0.6 is 0 Å². The molecule has 248 valence electrons. The molecule has 1 aliphatic rings. The highest BCUT2D eigenvalue weighted by atomic mass is 16.5. The number of fused-ring (bicyclic) bond motifs is 5. The quantitative estimate of drug-likeness (QED) is 0.171. The van der Waals surface area contributed by atoms with E-state index in [2.05, 4.69) is 174 Å². The van der Waals surface area contributed by atoms with Gasteiger partial charge < -0.3 is 4.74 Å². The van der Waals surface area contributed by atoms with Gasteiger partial charge in [0.15, 0.2) is 0 Å². The summed E-state index contributed by atoms with van der Waals surface area (Å²) in [7, 11) is 0. The maximum Gasteiger partial charge on any atom is 0.135 e. The summed E-state index contributed by atoms with van der Waals surface area (Å²) < 4.78 is 6.66. The van der Waals surface area contributed by atoms with E-state index in [4.69, 9.17) is 4.74 Å². The second-order valence-electron chi connectivity index (χ2n) is 14.5. The van der Waals surface area contributed by atoms with Gasteiger partial charge in [-0.2, -0.15) is 0 Å². The van der Waals surface area contributed by atoms with Crippen LogP contribution in [0.5, 0.6) is 11.5 Å². The van der Waals surface area contributed by atoms with Crippen molar-refractivity contribution in [2.75, 3.05) is 0 Å². The van der Waals surface area contributed by atoms with Crippen molar-refractivity contribution in [3.63, 3.8) is 0 Å². The molecule has 9 aromatic rings. The molecule has 1 heteroatoms. The molecule has 1 nitrogen and oxygen atoms in total. The molecule has 1 aliphatic heterocycles. The maximum atomic E-state index is 6.66. The summed E-state index contributed by atoms with van der Waals surface area (Å²) >= 11 is 0. The molecule has 0 radical (unpaired) electrons. The van der Waals surface area contributed by atoms with Crippen LogP contribution in [0.4, 0.5) is 0 Å². The zero-order chi connectivity index (χ0) is 35.2.